The van der Waals surface area contributed by atoms with Crippen molar-refractivity contribution in [1.29, 1.82) is 0 Å². The molecule has 0 radical (unpaired) electrons. The molecule has 106 valence electrons. The Balaban J connectivity index is 2.02. The highest BCUT2D eigenvalue weighted by Gasteiger charge is 2.28. The van der Waals surface area contributed by atoms with Gasteiger partial charge in [-0.2, -0.15) is 0 Å². The van der Waals surface area contributed by atoms with E-state index in [1.807, 2.05) is 25.7 Å². The van der Waals surface area contributed by atoms with Crippen molar-refractivity contribution in [2.75, 3.05) is 24.7 Å². The third-order valence-electron chi connectivity index (χ3n) is 3.17. The second-order valence-corrected chi connectivity index (χ2v) is 5.55. The van der Waals surface area contributed by atoms with Crippen LogP contribution < -0.4 is 21.3 Å². The SMILES string of the molecule is C=C(NC)NC1Nc2c(nc(NC)c3ncn(C)c23)S1. The number of nitrogens with one attached hydrogen (secondary N) is 4. The Morgan fingerprint density at radius 1 is 1.50 bits per heavy atom. The lowest BCUT2D eigenvalue weighted by atomic mass is 10.3. The summed E-state index contributed by atoms with van der Waals surface area (Å²) in [7, 11) is 5.67. The number of thioether (sulfide) groups is 1. The molecule has 1 unspecified atom stereocenters. The molecule has 4 N–H and O–H groups in total. The Hall–Kier alpha value is -2.09. The Morgan fingerprint density at radius 2 is 2.30 bits per heavy atom. The van der Waals surface area contributed by atoms with Crippen LogP contribution in [0.3, 0.4) is 0 Å². The van der Waals surface area contributed by atoms with Gasteiger partial charge in [0.1, 0.15) is 10.5 Å². The maximum atomic E-state index is 4.62. The number of hydrogen-bond donors (Lipinski definition) is 4. The number of nitrogens with zero attached hydrogens (tertiary/aromatic N) is 3. The van der Waals surface area contributed by atoms with E-state index in [2.05, 4.69) is 37.8 Å². The summed E-state index contributed by atoms with van der Waals surface area (Å²) in [5.74, 6) is 1.56. The molecule has 2 aromatic heterocycles. The van der Waals surface area contributed by atoms with Crippen molar-refractivity contribution in [1.82, 2.24) is 25.2 Å². The van der Waals surface area contributed by atoms with Crippen molar-refractivity contribution in [3.63, 3.8) is 0 Å². The number of imidazole rings is 1. The fourth-order valence-corrected chi connectivity index (χ4v) is 3.19. The van der Waals surface area contributed by atoms with E-state index in [0.29, 0.717) is 0 Å². The zero-order valence-electron chi connectivity index (χ0n) is 11.6. The molecule has 0 saturated heterocycles. The number of rotatable bonds is 4. The Bertz CT molecular complexity index is 678. The number of fused-ring (bicyclic) bond motifs is 3. The molecule has 0 saturated carbocycles. The smallest absolute Gasteiger partial charge is 0.155 e. The van der Waals surface area contributed by atoms with Crippen LogP contribution in [0.5, 0.6) is 0 Å². The van der Waals surface area contributed by atoms with Crippen molar-refractivity contribution in [3.05, 3.63) is 18.7 Å². The van der Waals surface area contributed by atoms with Crippen LogP contribution in [0, 0.1) is 0 Å². The number of anilines is 2. The minimum atomic E-state index is 0.00246. The fourth-order valence-electron chi connectivity index (χ4n) is 2.17. The van der Waals surface area contributed by atoms with Crippen LogP contribution in [0.25, 0.3) is 11.0 Å². The van der Waals surface area contributed by atoms with Crippen molar-refractivity contribution in [2.45, 2.75) is 10.5 Å². The third kappa shape index (κ3) is 1.92. The predicted molar refractivity (Wildman–Crippen MR) is 82.7 cm³/mol. The fraction of sp³-hybridized carbons (Fsp3) is 0.333. The molecule has 0 spiro atoms. The van der Waals surface area contributed by atoms with Crippen molar-refractivity contribution < 1.29 is 0 Å². The molecule has 3 rings (SSSR count). The maximum absolute atomic E-state index is 4.62. The Morgan fingerprint density at radius 3 is 3.00 bits per heavy atom. The van der Waals surface area contributed by atoms with Crippen LogP contribution in [-0.4, -0.2) is 34.1 Å². The van der Waals surface area contributed by atoms with E-state index in [4.69, 9.17) is 0 Å². The number of aromatic nitrogens is 3. The first kappa shape index (κ1) is 12.9. The molecule has 0 amide bonds. The summed E-state index contributed by atoms with van der Waals surface area (Å²) in [6.07, 6.45) is 1.80. The first-order valence-electron chi connectivity index (χ1n) is 6.23. The van der Waals surface area contributed by atoms with Crippen molar-refractivity contribution in [2.24, 2.45) is 7.05 Å². The Labute approximate surface area is 121 Å². The maximum Gasteiger partial charge on any atom is 0.155 e. The van der Waals surface area contributed by atoms with E-state index in [-0.39, 0.29) is 5.50 Å². The van der Waals surface area contributed by atoms with Gasteiger partial charge in [0, 0.05) is 21.1 Å². The molecule has 1 aliphatic rings. The summed E-state index contributed by atoms with van der Waals surface area (Å²) >= 11 is 1.62. The van der Waals surface area contributed by atoms with Crippen molar-refractivity contribution in [3.8, 4) is 0 Å². The molecule has 20 heavy (non-hydrogen) atoms. The minimum absolute atomic E-state index is 0.00246. The molecule has 0 bridgehead atoms. The van der Waals surface area contributed by atoms with E-state index < -0.39 is 0 Å². The second kappa shape index (κ2) is 4.78. The van der Waals surface area contributed by atoms with E-state index in [0.717, 1.165) is 33.4 Å². The molecule has 3 heterocycles. The predicted octanol–water partition coefficient (Wildman–Crippen LogP) is 1.09. The van der Waals surface area contributed by atoms with Gasteiger partial charge in [-0.15, -0.1) is 0 Å². The standard InChI is InChI=1S/C12H17N7S/c1-6(13-2)16-12-17-8-9-7(15-5-19(9)4)10(14-3)18-11(8)20-12/h5,12-13,16-17H,1H2,2-4H3,(H,14,18). The number of pyridine rings is 1. The summed E-state index contributed by atoms with van der Waals surface area (Å²) in [5.41, 5.74) is 2.93. The third-order valence-corrected chi connectivity index (χ3v) is 4.16. The summed E-state index contributed by atoms with van der Waals surface area (Å²) < 4.78 is 2.00. The van der Waals surface area contributed by atoms with E-state index >= 15 is 0 Å². The van der Waals surface area contributed by atoms with Crippen molar-refractivity contribution >= 4 is 34.3 Å². The first-order chi connectivity index (χ1) is 9.63. The summed E-state index contributed by atoms with van der Waals surface area (Å²) in [4.78, 5) is 9.03. The summed E-state index contributed by atoms with van der Waals surface area (Å²) in [6, 6.07) is 0. The quantitative estimate of drug-likeness (QED) is 0.671. The number of hydrogen-bond acceptors (Lipinski definition) is 7. The van der Waals surface area contributed by atoms with Crippen LogP contribution in [0.1, 0.15) is 0 Å². The van der Waals surface area contributed by atoms with Crippen LogP contribution in [0.15, 0.2) is 23.8 Å². The Kier molecular flexibility index (Phi) is 3.09. The summed E-state index contributed by atoms with van der Waals surface area (Å²) in [6.45, 7) is 3.88. The van der Waals surface area contributed by atoms with E-state index in [9.17, 15) is 0 Å². The second-order valence-electron chi connectivity index (χ2n) is 4.46. The highest BCUT2D eigenvalue weighted by Crippen LogP contribution is 2.42. The van der Waals surface area contributed by atoms with E-state index in [1.165, 1.54) is 0 Å². The van der Waals surface area contributed by atoms with Crippen LogP contribution in [0.4, 0.5) is 11.5 Å². The van der Waals surface area contributed by atoms with Crippen LogP contribution >= 0.6 is 11.8 Å². The lowest BCUT2D eigenvalue weighted by Gasteiger charge is -2.15. The zero-order chi connectivity index (χ0) is 14.3. The van der Waals surface area contributed by atoms with Crippen LogP contribution in [-0.2, 0) is 7.05 Å². The van der Waals surface area contributed by atoms with Gasteiger partial charge < -0.3 is 25.8 Å². The van der Waals surface area contributed by atoms with Gasteiger partial charge in [0.25, 0.3) is 0 Å². The normalized spacial score (nSPS) is 16.6. The largest absolute Gasteiger partial charge is 0.375 e. The minimum Gasteiger partial charge on any atom is -0.375 e. The molecule has 2 aromatic rings. The highest BCUT2D eigenvalue weighted by molar-refractivity contribution is 8.00. The number of aryl methyl sites for hydroxylation is 1. The average molecular weight is 291 g/mol. The van der Waals surface area contributed by atoms with Gasteiger partial charge in [-0.05, 0) is 0 Å². The highest BCUT2D eigenvalue weighted by atomic mass is 32.2. The molecular weight excluding hydrogens is 274 g/mol. The van der Waals surface area contributed by atoms with E-state index in [1.54, 1.807) is 18.1 Å². The van der Waals surface area contributed by atoms with Gasteiger partial charge >= 0.3 is 0 Å². The lowest BCUT2D eigenvalue weighted by molar-refractivity contribution is 0.749. The molecule has 0 aliphatic carbocycles. The molecule has 1 aliphatic heterocycles. The average Bonchev–Trinajstić information content (AvgIpc) is 3.00. The van der Waals surface area contributed by atoms with Gasteiger partial charge in [0.2, 0.25) is 0 Å². The molecule has 7 nitrogen and oxygen atoms in total. The van der Waals surface area contributed by atoms with Gasteiger partial charge in [-0.25, -0.2) is 9.97 Å². The lowest BCUT2D eigenvalue weighted by Crippen LogP contribution is -2.34. The molecular formula is C12H17N7S. The monoisotopic (exact) mass is 291 g/mol. The van der Waals surface area contributed by atoms with Crippen LogP contribution in [0.2, 0.25) is 0 Å². The molecule has 1 atom stereocenters. The molecule has 0 aromatic carbocycles. The van der Waals surface area contributed by atoms with Gasteiger partial charge in [0.05, 0.1) is 23.4 Å². The zero-order valence-corrected chi connectivity index (χ0v) is 12.4. The van der Waals surface area contributed by atoms with Gasteiger partial charge in [0.15, 0.2) is 11.3 Å². The molecule has 8 heteroatoms. The first-order valence-corrected chi connectivity index (χ1v) is 7.11. The van der Waals surface area contributed by atoms with Gasteiger partial charge in [-0.3, -0.25) is 0 Å². The molecule has 0 fully saturated rings. The summed E-state index contributed by atoms with van der Waals surface area (Å²) in [5, 5.41) is 13.7. The van der Waals surface area contributed by atoms with Gasteiger partial charge in [-0.1, -0.05) is 18.3 Å². The topological polar surface area (TPSA) is 78.8 Å².